The second kappa shape index (κ2) is 9.56. The zero-order valence-corrected chi connectivity index (χ0v) is 17.4. The minimum atomic E-state index is -0.715. The van der Waals surface area contributed by atoms with Crippen molar-refractivity contribution < 1.29 is 5.11 Å². The van der Waals surface area contributed by atoms with Crippen molar-refractivity contribution in [3.05, 3.63) is 90.6 Å². The van der Waals surface area contributed by atoms with Gasteiger partial charge in [0.1, 0.15) is 11.9 Å². The molecule has 2 unspecified atom stereocenters. The molecule has 0 bridgehead atoms. The molecular weight excluding hydrogens is 394 g/mol. The third-order valence-electron chi connectivity index (χ3n) is 4.71. The number of aliphatic hydroxyl groups is 1. The highest BCUT2D eigenvalue weighted by Crippen LogP contribution is 2.30. The van der Waals surface area contributed by atoms with Crippen LogP contribution in [0.3, 0.4) is 0 Å². The number of anilines is 1. The van der Waals surface area contributed by atoms with Crippen LogP contribution in [-0.4, -0.2) is 36.8 Å². The van der Waals surface area contributed by atoms with Crippen LogP contribution in [0.2, 0.25) is 0 Å². The highest BCUT2D eigenvalue weighted by molar-refractivity contribution is 7.99. The monoisotopic (exact) mass is 417 g/mol. The summed E-state index contributed by atoms with van der Waals surface area (Å²) in [5.41, 5.74) is 2.79. The molecule has 0 saturated carbocycles. The van der Waals surface area contributed by atoms with Crippen molar-refractivity contribution in [1.29, 1.82) is 0 Å². The zero-order valence-electron chi connectivity index (χ0n) is 16.6. The van der Waals surface area contributed by atoms with Gasteiger partial charge in [-0.1, -0.05) is 66.4 Å². The molecule has 2 aromatic carbocycles. The maximum Gasteiger partial charge on any atom is 0.192 e. The average molecular weight is 418 g/mol. The van der Waals surface area contributed by atoms with Gasteiger partial charge in [0, 0.05) is 17.6 Å². The van der Waals surface area contributed by atoms with Gasteiger partial charge in [0.05, 0.1) is 6.04 Å². The number of hydrogen-bond acceptors (Lipinski definition) is 6. The van der Waals surface area contributed by atoms with Crippen molar-refractivity contribution in [1.82, 2.24) is 19.7 Å². The number of nitrogens with zero attached hydrogens (tertiary/aromatic N) is 4. The van der Waals surface area contributed by atoms with E-state index < -0.39 is 6.23 Å². The van der Waals surface area contributed by atoms with Crippen molar-refractivity contribution in [2.75, 3.05) is 11.1 Å². The van der Waals surface area contributed by atoms with E-state index in [4.69, 9.17) is 0 Å². The SMILES string of the molecule is CC(c1ccccc1)n1c(SCC(O)Nc2ccccc2)nnc1-c1ccccn1. The van der Waals surface area contributed by atoms with Crippen molar-refractivity contribution in [3.8, 4) is 11.5 Å². The zero-order chi connectivity index (χ0) is 20.8. The van der Waals surface area contributed by atoms with Gasteiger partial charge in [-0.25, -0.2) is 0 Å². The number of aliphatic hydroxyl groups excluding tert-OH is 1. The molecule has 0 amide bonds. The predicted octanol–water partition coefficient (Wildman–Crippen LogP) is 4.47. The van der Waals surface area contributed by atoms with Crippen molar-refractivity contribution >= 4 is 17.4 Å². The molecular formula is C23H23N5OS. The van der Waals surface area contributed by atoms with Crippen LogP contribution in [0.4, 0.5) is 5.69 Å². The molecule has 2 N–H and O–H groups in total. The fourth-order valence-electron chi connectivity index (χ4n) is 3.20. The lowest BCUT2D eigenvalue weighted by molar-refractivity contribution is 0.229. The van der Waals surface area contributed by atoms with E-state index >= 15 is 0 Å². The molecule has 30 heavy (non-hydrogen) atoms. The topological polar surface area (TPSA) is 75.9 Å². The maximum absolute atomic E-state index is 10.4. The fourth-order valence-corrected chi connectivity index (χ4v) is 4.07. The molecule has 2 heterocycles. The maximum atomic E-state index is 10.4. The van der Waals surface area contributed by atoms with Gasteiger partial charge in [0.15, 0.2) is 11.0 Å². The summed E-state index contributed by atoms with van der Waals surface area (Å²) in [6.45, 7) is 2.12. The van der Waals surface area contributed by atoms with Gasteiger partial charge < -0.3 is 10.4 Å². The van der Waals surface area contributed by atoms with Crippen LogP contribution in [0.1, 0.15) is 18.5 Å². The molecule has 0 saturated heterocycles. The van der Waals surface area contributed by atoms with E-state index in [0.29, 0.717) is 11.6 Å². The van der Waals surface area contributed by atoms with Crippen LogP contribution < -0.4 is 5.32 Å². The third-order valence-corrected chi connectivity index (χ3v) is 5.72. The van der Waals surface area contributed by atoms with E-state index in [-0.39, 0.29) is 6.04 Å². The van der Waals surface area contributed by atoms with Gasteiger partial charge in [-0.2, -0.15) is 0 Å². The lowest BCUT2D eigenvalue weighted by Gasteiger charge is -2.19. The fraction of sp³-hybridized carbons (Fsp3) is 0.174. The number of hydrogen-bond donors (Lipinski definition) is 2. The van der Waals surface area contributed by atoms with E-state index in [1.54, 1.807) is 6.20 Å². The summed E-state index contributed by atoms with van der Waals surface area (Å²) in [7, 11) is 0. The molecule has 6 nitrogen and oxygen atoms in total. The van der Waals surface area contributed by atoms with Crippen LogP contribution in [0.5, 0.6) is 0 Å². The Morgan fingerprint density at radius 2 is 1.63 bits per heavy atom. The largest absolute Gasteiger partial charge is 0.373 e. The molecule has 0 aliphatic heterocycles. The summed E-state index contributed by atoms with van der Waals surface area (Å²) < 4.78 is 2.08. The molecule has 0 aliphatic rings. The quantitative estimate of drug-likeness (QED) is 0.325. The van der Waals surface area contributed by atoms with E-state index in [2.05, 4.69) is 44.1 Å². The lowest BCUT2D eigenvalue weighted by Crippen LogP contribution is -2.21. The van der Waals surface area contributed by atoms with E-state index in [9.17, 15) is 5.11 Å². The molecule has 0 aliphatic carbocycles. The van der Waals surface area contributed by atoms with Gasteiger partial charge in [-0.05, 0) is 36.8 Å². The molecule has 2 atom stereocenters. The van der Waals surface area contributed by atoms with Crippen LogP contribution >= 0.6 is 11.8 Å². The highest BCUT2D eigenvalue weighted by Gasteiger charge is 2.21. The summed E-state index contributed by atoms with van der Waals surface area (Å²) in [6.07, 6.45) is 1.04. The number of para-hydroxylation sites is 1. The molecule has 7 heteroatoms. The molecule has 0 spiro atoms. The summed E-state index contributed by atoms with van der Waals surface area (Å²) >= 11 is 1.46. The van der Waals surface area contributed by atoms with Gasteiger partial charge in [-0.15, -0.1) is 10.2 Å². The standard InChI is InChI=1S/C23H23N5OS/c1-17(18-10-4-2-5-11-18)28-22(20-14-8-9-15-24-20)26-27-23(28)30-16-21(29)25-19-12-6-3-7-13-19/h2-15,17,21,25,29H,16H2,1H3. The molecule has 0 fully saturated rings. The second-order valence-electron chi connectivity index (χ2n) is 6.81. The number of pyridine rings is 1. The number of aromatic nitrogens is 4. The van der Waals surface area contributed by atoms with Crippen molar-refractivity contribution in [2.45, 2.75) is 24.3 Å². The second-order valence-corrected chi connectivity index (χ2v) is 7.80. The smallest absolute Gasteiger partial charge is 0.192 e. The number of thioether (sulfide) groups is 1. The Labute approximate surface area is 180 Å². The van der Waals surface area contributed by atoms with Crippen LogP contribution in [0.15, 0.2) is 90.2 Å². The summed E-state index contributed by atoms with van der Waals surface area (Å²) in [5, 5.41) is 23.1. The Morgan fingerprint density at radius 3 is 2.33 bits per heavy atom. The molecule has 2 aromatic heterocycles. The van der Waals surface area contributed by atoms with Gasteiger partial charge in [0.25, 0.3) is 0 Å². The summed E-state index contributed by atoms with van der Waals surface area (Å²) in [5.74, 6) is 1.14. The van der Waals surface area contributed by atoms with Crippen LogP contribution in [-0.2, 0) is 0 Å². The Hall–Kier alpha value is -3.16. The van der Waals surface area contributed by atoms with E-state index in [0.717, 1.165) is 22.1 Å². The number of nitrogens with one attached hydrogen (secondary N) is 1. The Kier molecular flexibility index (Phi) is 6.41. The average Bonchev–Trinajstić information content (AvgIpc) is 3.23. The minimum Gasteiger partial charge on any atom is -0.373 e. The molecule has 4 aromatic rings. The number of benzene rings is 2. The third kappa shape index (κ3) is 4.69. The van der Waals surface area contributed by atoms with Gasteiger partial charge in [0.2, 0.25) is 0 Å². The molecule has 4 rings (SSSR count). The Balaban J connectivity index is 1.59. The molecule has 152 valence electrons. The predicted molar refractivity (Wildman–Crippen MR) is 120 cm³/mol. The first-order chi connectivity index (χ1) is 14.7. The first-order valence-electron chi connectivity index (χ1n) is 9.76. The van der Waals surface area contributed by atoms with Crippen LogP contribution in [0.25, 0.3) is 11.5 Å². The Bertz CT molecular complexity index is 1060. The summed E-state index contributed by atoms with van der Waals surface area (Å²) in [4.78, 5) is 4.46. The number of rotatable bonds is 8. The summed E-state index contributed by atoms with van der Waals surface area (Å²) in [6, 6.07) is 25.6. The highest BCUT2D eigenvalue weighted by atomic mass is 32.2. The Morgan fingerprint density at radius 1 is 0.933 bits per heavy atom. The molecule has 0 radical (unpaired) electrons. The minimum absolute atomic E-state index is 0.0138. The lowest BCUT2D eigenvalue weighted by atomic mass is 10.1. The van der Waals surface area contributed by atoms with Crippen molar-refractivity contribution in [2.24, 2.45) is 0 Å². The normalized spacial score (nSPS) is 13.0. The van der Waals surface area contributed by atoms with E-state index in [1.165, 1.54) is 11.8 Å². The van der Waals surface area contributed by atoms with Crippen molar-refractivity contribution in [3.63, 3.8) is 0 Å². The van der Waals surface area contributed by atoms with Crippen LogP contribution in [0, 0.1) is 0 Å². The van der Waals surface area contributed by atoms with Gasteiger partial charge in [-0.3, -0.25) is 9.55 Å². The van der Waals surface area contributed by atoms with Gasteiger partial charge >= 0.3 is 0 Å². The first-order valence-corrected chi connectivity index (χ1v) is 10.7. The van der Waals surface area contributed by atoms with E-state index in [1.807, 2.05) is 66.7 Å². The first kappa shape index (κ1) is 20.1.